The average molecular weight is 373 g/mol. The number of hydrogen-bond donors (Lipinski definition) is 4. The first-order valence-corrected chi connectivity index (χ1v) is 8.25. The minimum absolute atomic E-state index is 0.0939. The number of carboxylic acid groups (broad SMARTS) is 1. The van der Waals surface area contributed by atoms with Crippen LogP contribution in [0.5, 0.6) is 5.75 Å². The van der Waals surface area contributed by atoms with Crippen LogP contribution in [0.15, 0.2) is 53.4 Å². The maximum Gasteiger partial charge on any atom is 0.335 e. The number of aromatic hydroxyl groups is 1. The summed E-state index contributed by atoms with van der Waals surface area (Å²) in [7, 11) is 0. The third-order valence-electron chi connectivity index (χ3n) is 3.89. The lowest BCUT2D eigenvalue weighted by molar-refractivity contribution is -0.432. The number of fused-ring (bicyclic) bond motifs is 1. The summed E-state index contributed by atoms with van der Waals surface area (Å²) in [4.78, 5) is 11.5. The molecule has 0 atom stereocenters. The molecule has 26 heavy (non-hydrogen) atoms. The Balaban J connectivity index is 1.91. The summed E-state index contributed by atoms with van der Waals surface area (Å²) >= 11 is 0.791. The second-order valence-corrected chi connectivity index (χ2v) is 6.26. The number of hydrogen-bond acceptors (Lipinski definition) is 7. The molecule has 0 heterocycles. The van der Waals surface area contributed by atoms with E-state index in [2.05, 4.69) is 14.7 Å². The van der Waals surface area contributed by atoms with Gasteiger partial charge in [-0.2, -0.15) is 0 Å². The third kappa shape index (κ3) is 3.73. The van der Waals surface area contributed by atoms with Crippen molar-refractivity contribution >= 4 is 40.2 Å². The molecule has 0 amide bonds. The number of benzene rings is 3. The van der Waals surface area contributed by atoms with E-state index in [1.807, 2.05) is 12.1 Å². The molecule has 0 radical (unpaired) electrons. The minimum Gasteiger partial charge on any atom is -0.507 e. The molecule has 4 N–H and O–H groups in total. The second-order valence-electron chi connectivity index (χ2n) is 5.52. The molecular weight excluding hydrogens is 358 g/mol. The quantitative estimate of drug-likeness (QED) is 0.279. The molecule has 0 aromatic heterocycles. The van der Waals surface area contributed by atoms with E-state index in [0.717, 1.165) is 28.8 Å². The third-order valence-corrected chi connectivity index (χ3v) is 4.63. The topological polar surface area (TPSA) is 108 Å². The Kier molecular flexibility index (Phi) is 5.29. The summed E-state index contributed by atoms with van der Waals surface area (Å²) in [5.74, 6) is -0.886. The zero-order chi connectivity index (χ0) is 18.7. The number of carbonyl (C=O) groups is 1. The van der Waals surface area contributed by atoms with Crippen LogP contribution < -0.4 is 5.32 Å². The van der Waals surface area contributed by atoms with Gasteiger partial charge in [-0.25, -0.2) is 10.1 Å². The predicted octanol–water partition coefficient (Wildman–Crippen LogP) is 4.72. The van der Waals surface area contributed by atoms with Gasteiger partial charge in [0.15, 0.2) is 0 Å². The van der Waals surface area contributed by atoms with E-state index >= 15 is 0 Å². The monoisotopic (exact) mass is 373 g/mol. The molecule has 3 rings (SSSR count). The fourth-order valence-electron chi connectivity index (χ4n) is 2.53. The van der Waals surface area contributed by atoms with Gasteiger partial charge in [-0.3, -0.25) is 0 Å². The summed E-state index contributed by atoms with van der Waals surface area (Å²) in [6, 6.07) is 13.6. The molecule has 0 aliphatic rings. The zero-order valence-electron chi connectivity index (χ0n) is 13.6. The normalized spacial score (nSPS) is 10.8. The van der Waals surface area contributed by atoms with Crippen molar-refractivity contribution in [2.75, 3.05) is 5.32 Å². The van der Waals surface area contributed by atoms with Gasteiger partial charge >= 0.3 is 5.97 Å². The molecular formula is C18H15NO6S. The highest BCUT2D eigenvalue weighted by Crippen LogP contribution is 2.38. The lowest BCUT2D eigenvalue weighted by Gasteiger charge is -2.12. The van der Waals surface area contributed by atoms with Gasteiger partial charge in [-0.15, -0.1) is 4.33 Å². The largest absolute Gasteiger partial charge is 0.507 e. The highest BCUT2D eigenvalue weighted by atomic mass is 32.2. The van der Waals surface area contributed by atoms with Crippen LogP contribution in [0.1, 0.15) is 15.9 Å². The van der Waals surface area contributed by atoms with Crippen LogP contribution in [0, 0.1) is 6.92 Å². The van der Waals surface area contributed by atoms with Gasteiger partial charge in [-0.1, -0.05) is 11.1 Å². The number of aromatic carboxylic acids is 1. The lowest BCUT2D eigenvalue weighted by Crippen LogP contribution is -1.96. The molecule has 0 aliphatic carbocycles. The Bertz CT molecular complexity index is 958. The van der Waals surface area contributed by atoms with Crippen LogP contribution in [0.3, 0.4) is 0 Å². The molecule has 0 bridgehead atoms. The second kappa shape index (κ2) is 7.63. The maximum atomic E-state index is 10.9. The van der Waals surface area contributed by atoms with Gasteiger partial charge in [0.2, 0.25) is 0 Å². The van der Waals surface area contributed by atoms with Crippen LogP contribution >= 0.6 is 12.0 Å². The van der Waals surface area contributed by atoms with Gasteiger partial charge in [0.1, 0.15) is 5.75 Å². The number of phenols is 1. The van der Waals surface area contributed by atoms with E-state index in [0.29, 0.717) is 15.8 Å². The molecule has 3 aromatic carbocycles. The fourth-order valence-corrected chi connectivity index (χ4v) is 3.03. The van der Waals surface area contributed by atoms with Crippen LogP contribution in [0.25, 0.3) is 10.8 Å². The molecule has 7 nitrogen and oxygen atoms in total. The summed E-state index contributed by atoms with van der Waals surface area (Å²) in [5.41, 5.74) is 2.26. The highest BCUT2D eigenvalue weighted by Gasteiger charge is 2.12. The zero-order valence-corrected chi connectivity index (χ0v) is 14.4. The predicted molar refractivity (Wildman–Crippen MR) is 97.7 cm³/mol. The van der Waals surface area contributed by atoms with Crippen molar-refractivity contribution in [1.82, 2.24) is 0 Å². The summed E-state index contributed by atoms with van der Waals surface area (Å²) in [5, 5.41) is 35.9. The Morgan fingerprint density at radius 1 is 1.08 bits per heavy atom. The fraction of sp³-hybridized carbons (Fsp3) is 0.0556. The first kappa shape index (κ1) is 18.0. The van der Waals surface area contributed by atoms with E-state index < -0.39 is 5.97 Å². The van der Waals surface area contributed by atoms with Crippen molar-refractivity contribution in [2.24, 2.45) is 0 Å². The number of rotatable bonds is 6. The average Bonchev–Trinajstić information content (AvgIpc) is 2.64. The first-order chi connectivity index (χ1) is 12.5. The molecule has 0 unspecified atom stereocenters. The van der Waals surface area contributed by atoms with E-state index in [1.165, 1.54) is 12.1 Å². The van der Waals surface area contributed by atoms with Crippen LogP contribution in [0.2, 0.25) is 0 Å². The Morgan fingerprint density at radius 3 is 2.42 bits per heavy atom. The molecule has 0 fully saturated rings. The summed E-state index contributed by atoms with van der Waals surface area (Å²) in [6.07, 6.45) is 0. The van der Waals surface area contributed by atoms with Crippen molar-refractivity contribution in [3.05, 3.63) is 59.7 Å². The van der Waals surface area contributed by atoms with E-state index in [4.69, 9.17) is 10.4 Å². The molecule has 0 saturated carbocycles. The van der Waals surface area contributed by atoms with Crippen molar-refractivity contribution in [3.63, 3.8) is 0 Å². The van der Waals surface area contributed by atoms with Crippen LogP contribution in [-0.2, 0) is 9.37 Å². The van der Waals surface area contributed by atoms with Crippen molar-refractivity contribution in [1.29, 1.82) is 0 Å². The standard InChI is InChI=1S/C18H15NO6S/c1-10-16(26-25-24-23)8-12-4-7-14(9-15(12)17(10)20)19-13-5-2-11(3-6-13)18(21)22/h2-9,19-20,23H,1H3,(H,21,22). The summed E-state index contributed by atoms with van der Waals surface area (Å²) in [6.45, 7) is 1.72. The smallest absolute Gasteiger partial charge is 0.335 e. The number of anilines is 2. The van der Waals surface area contributed by atoms with E-state index in [1.54, 1.807) is 31.2 Å². The highest BCUT2D eigenvalue weighted by molar-refractivity contribution is 7.94. The maximum absolute atomic E-state index is 10.9. The van der Waals surface area contributed by atoms with Crippen LogP contribution in [0.4, 0.5) is 11.4 Å². The Morgan fingerprint density at radius 2 is 1.77 bits per heavy atom. The SMILES string of the molecule is Cc1c(SOOO)cc2ccc(Nc3ccc(C(=O)O)cc3)cc2c1O. The van der Waals surface area contributed by atoms with Crippen molar-refractivity contribution in [3.8, 4) is 5.75 Å². The van der Waals surface area contributed by atoms with Gasteiger partial charge < -0.3 is 15.5 Å². The van der Waals surface area contributed by atoms with Crippen LogP contribution in [-0.4, -0.2) is 21.4 Å². The number of nitrogens with one attached hydrogen (secondary N) is 1. The minimum atomic E-state index is -0.980. The van der Waals surface area contributed by atoms with Gasteiger partial charge in [0.05, 0.1) is 17.6 Å². The van der Waals surface area contributed by atoms with Gasteiger partial charge in [0.25, 0.3) is 0 Å². The lowest BCUT2D eigenvalue weighted by atomic mass is 10.0. The molecule has 8 heteroatoms. The first-order valence-electron chi connectivity index (χ1n) is 7.51. The van der Waals surface area contributed by atoms with Crippen molar-refractivity contribution < 1.29 is 29.6 Å². The van der Waals surface area contributed by atoms with Crippen molar-refractivity contribution in [2.45, 2.75) is 11.8 Å². The number of carboxylic acids is 1. The molecule has 3 aromatic rings. The van der Waals surface area contributed by atoms with Gasteiger partial charge in [-0.05, 0) is 54.8 Å². The summed E-state index contributed by atoms with van der Waals surface area (Å²) < 4.78 is 4.44. The Labute approximate surface area is 152 Å². The Hall–Kier alpha value is -2.78. The molecule has 0 aliphatic heterocycles. The molecule has 0 saturated heterocycles. The van der Waals surface area contributed by atoms with Gasteiger partial charge in [0, 0.05) is 27.2 Å². The molecule has 134 valence electrons. The van der Waals surface area contributed by atoms with E-state index in [-0.39, 0.29) is 11.3 Å². The van der Waals surface area contributed by atoms with E-state index in [9.17, 15) is 9.90 Å². The molecule has 0 spiro atoms. The number of phenolic OH excluding ortho intramolecular Hbond substituents is 1.